The fourth-order valence-electron chi connectivity index (χ4n) is 1.74. The van der Waals surface area contributed by atoms with Crippen LogP contribution in [0, 0.1) is 6.92 Å². The molecule has 108 valence electrons. The maximum absolute atomic E-state index is 5.72. The van der Waals surface area contributed by atoms with E-state index >= 15 is 0 Å². The zero-order valence-corrected chi connectivity index (χ0v) is 13.2. The molecule has 0 bridgehead atoms. The van der Waals surface area contributed by atoms with Crippen LogP contribution in [0.1, 0.15) is 29.3 Å². The Morgan fingerprint density at radius 1 is 1.25 bits per heavy atom. The Morgan fingerprint density at radius 2 is 2.00 bits per heavy atom. The molecule has 0 saturated heterocycles. The fraction of sp³-hybridized carbons (Fsp3) is 0.438. The van der Waals surface area contributed by atoms with E-state index in [2.05, 4.69) is 43.2 Å². The molecule has 0 spiro atoms. The van der Waals surface area contributed by atoms with E-state index in [1.54, 1.807) is 11.3 Å². The molecule has 0 atom stereocenters. The van der Waals surface area contributed by atoms with Crippen LogP contribution in [-0.4, -0.2) is 17.6 Å². The lowest BCUT2D eigenvalue weighted by molar-refractivity contribution is 0.321. The van der Waals surface area contributed by atoms with Crippen LogP contribution in [0.5, 0.6) is 5.75 Å². The fourth-order valence-corrected chi connectivity index (χ4v) is 2.60. The predicted octanol–water partition coefficient (Wildman–Crippen LogP) is 3.57. The van der Waals surface area contributed by atoms with Crippen LogP contribution in [0.3, 0.4) is 0 Å². The van der Waals surface area contributed by atoms with Crippen molar-refractivity contribution in [2.45, 2.75) is 39.8 Å². The molecular weight excluding hydrogens is 268 g/mol. The normalized spacial score (nSPS) is 11.0. The first-order valence-corrected chi connectivity index (χ1v) is 7.81. The Balaban J connectivity index is 1.75. The highest BCUT2D eigenvalue weighted by atomic mass is 32.1. The molecular formula is C16H22N2OS. The molecule has 3 nitrogen and oxygen atoms in total. The summed E-state index contributed by atoms with van der Waals surface area (Å²) < 4.78 is 5.72. The predicted molar refractivity (Wildman–Crippen MR) is 84.5 cm³/mol. The molecule has 1 heterocycles. The summed E-state index contributed by atoms with van der Waals surface area (Å²) in [5.74, 6) is 0.925. The first-order chi connectivity index (χ1) is 9.63. The summed E-state index contributed by atoms with van der Waals surface area (Å²) in [5, 5.41) is 4.54. The van der Waals surface area contributed by atoms with Gasteiger partial charge in [0.15, 0.2) is 0 Å². The lowest BCUT2D eigenvalue weighted by Crippen LogP contribution is -2.21. The molecule has 20 heavy (non-hydrogen) atoms. The van der Waals surface area contributed by atoms with Crippen molar-refractivity contribution in [3.05, 3.63) is 45.9 Å². The molecule has 4 heteroatoms. The highest BCUT2D eigenvalue weighted by Gasteiger charge is 2.03. The number of thiazole rings is 1. The number of benzene rings is 1. The summed E-state index contributed by atoms with van der Waals surface area (Å²) >= 11 is 1.76. The summed E-state index contributed by atoms with van der Waals surface area (Å²) in [4.78, 5) is 5.72. The van der Waals surface area contributed by atoms with Gasteiger partial charge in [-0.05, 0) is 19.1 Å². The second-order valence-electron chi connectivity index (χ2n) is 5.17. The number of hydrogen-bond donors (Lipinski definition) is 1. The van der Waals surface area contributed by atoms with Crippen molar-refractivity contribution in [1.29, 1.82) is 0 Å². The van der Waals surface area contributed by atoms with Crippen molar-refractivity contribution in [3.63, 3.8) is 0 Å². The van der Waals surface area contributed by atoms with Crippen LogP contribution in [-0.2, 0) is 13.0 Å². The van der Waals surface area contributed by atoms with Crippen LogP contribution < -0.4 is 10.1 Å². The number of aryl methyl sites for hydroxylation is 1. The molecule has 1 aromatic carbocycles. The molecule has 1 aromatic heterocycles. The van der Waals surface area contributed by atoms with Crippen molar-refractivity contribution in [2.75, 3.05) is 6.61 Å². The minimum Gasteiger partial charge on any atom is -0.493 e. The Morgan fingerprint density at radius 3 is 2.70 bits per heavy atom. The zero-order valence-electron chi connectivity index (χ0n) is 12.3. The average molecular weight is 290 g/mol. The van der Waals surface area contributed by atoms with E-state index in [-0.39, 0.29) is 0 Å². The topological polar surface area (TPSA) is 34.1 Å². The molecule has 0 fully saturated rings. The number of nitrogens with one attached hydrogen (secondary N) is 1. The van der Waals surface area contributed by atoms with E-state index < -0.39 is 0 Å². The highest BCUT2D eigenvalue weighted by Crippen LogP contribution is 2.15. The summed E-state index contributed by atoms with van der Waals surface area (Å²) in [6, 6.07) is 8.65. The van der Waals surface area contributed by atoms with E-state index in [4.69, 9.17) is 4.74 Å². The van der Waals surface area contributed by atoms with Crippen molar-refractivity contribution in [3.8, 4) is 5.75 Å². The zero-order chi connectivity index (χ0) is 14.4. The second-order valence-corrected chi connectivity index (χ2v) is 6.37. The molecule has 0 amide bonds. The van der Waals surface area contributed by atoms with Gasteiger partial charge in [0, 0.05) is 30.1 Å². The van der Waals surface area contributed by atoms with Gasteiger partial charge in [-0.15, -0.1) is 11.3 Å². The van der Waals surface area contributed by atoms with Gasteiger partial charge in [0.25, 0.3) is 0 Å². The van der Waals surface area contributed by atoms with Gasteiger partial charge in [-0.1, -0.05) is 31.5 Å². The van der Waals surface area contributed by atoms with E-state index in [9.17, 15) is 0 Å². The molecule has 0 aliphatic carbocycles. The number of rotatable bonds is 7. The van der Waals surface area contributed by atoms with Gasteiger partial charge < -0.3 is 10.1 Å². The summed E-state index contributed by atoms with van der Waals surface area (Å²) in [7, 11) is 0. The first-order valence-electron chi connectivity index (χ1n) is 7.00. The van der Waals surface area contributed by atoms with Gasteiger partial charge in [-0.25, -0.2) is 4.98 Å². The van der Waals surface area contributed by atoms with E-state index in [1.807, 2.05) is 18.3 Å². The van der Waals surface area contributed by atoms with Gasteiger partial charge in [-0.3, -0.25) is 0 Å². The third kappa shape index (κ3) is 4.94. The lowest BCUT2D eigenvalue weighted by atomic mass is 10.2. The first kappa shape index (κ1) is 15.0. The molecule has 0 aliphatic heterocycles. The second kappa shape index (κ2) is 7.41. The smallest absolute Gasteiger partial charge is 0.119 e. The van der Waals surface area contributed by atoms with Crippen molar-refractivity contribution < 1.29 is 4.74 Å². The Bertz CT molecular complexity index is 520. The standard InChI is InChI=1S/C16H22N2OS/c1-12(2)17-10-15-11-18-16(20-15)8-9-19-14-6-4-13(3)5-7-14/h4-7,11-12,17H,8-10H2,1-3H3. The monoisotopic (exact) mass is 290 g/mol. The molecule has 2 aromatic rings. The van der Waals surface area contributed by atoms with Gasteiger partial charge in [-0.2, -0.15) is 0 Å². The summed E-state index contributed by atoms with van der Waals surface area (Å²) in [5.41, 5.74) is 1.25. The van der Waals surface area contributed by atoms with Crippen LogP contribution in [0.25, 0.3) is 0 Å². The van der Waals surface area contributed by atoms with E-state index in [0.717, 1.165) is 23.7 Å². The van der Waals surface area contributed by atoms with Gasteiger partial charge >= 0.3 is 0 Å². The van der Waals surface area contributed by atoms with Crippen LogP contribution in [0.4, 0.5) is 0 Å². The number of aromatic nitrogens is 1. The van der Waals surface area contributed by atoms with E-state index in [0.29, 0.717) is 12.6 Å². The number of hydrogen-bond acceptors (Lipinski definition) is 4. The van der Waals surface area contributed by atoms with Crippen molar-refractivity contribution in [1.82, 2.24) is 10.3 Å². The molecule has 0 unspecified atom stereocenters. The third-order valence-corrected chi connectivity index (χ3v) is 3.95. The maximum Gasteiger partial charge on any atom is 0.119 e. The molecule has 2 rings (SSSR count). The van der Waals surface area contributed by atoms with Gasteiger partial charge in [0.1, 0.15) is 5.75 Å². The maximum atomic E-state index is 5.72. The van der Waals surface area contributed by atoms with Gasteiger partial charge in [0.2, 0.25) is 0 Å². The minimum absolute atomic E-state index is 0.505. The molecule has 0 aliphatic rings. The molecule has 0 saturated carbocycles. The van der Waals surface area contributed by atoms with Crippen molar-refractivity contribution in [2.24, 2.45) is 0 Å². The van der Waals surface area contributed by atoms with Crippen molar-refractivity contribution >= 4 is 11.3 Å². The van der Waals surface area contributed by atoms with Crippen LogP contribution >= 0.6 is 11.3 Å². The Kier molecular flexibility index (Phi) is 5.56. The quantitative estimate of drug-likeness (QED) is 0.846. The highest BCUT2D eigenvalue weighted by molar-refractivity contribution is 7.11. The minimum atomic E-state index is 0.505. The van der Waals surface area contributed by atoms with Crippen LogP contribution in [0.2, 0.25) is 0 Å². The van der Waals surface area contributed by atoms with Crippen LogP contribution in [0.15, 0.2) is 30.5 Å². The SMILES string of the molecule is Cc1ccc(OCCc2ncc(CNC(C)C)s2)cc1. The van der Waals surface area contributed by atoms with E-state index in [1.165, 1.54) is 10.4 Å². The Hall–Kier alpha value is -1.39. The largest absolute Gasteiger partial charge is 0.493 e. The third-order valence-electron chi connectivity index (χ3n) is 2.89. The number of nitrogens with zero attached hydrogens (tertiary/aromatic N) is 1. The molecule has 1 N–H and O–H groups in total. The lowest BCUT2D eigenvalue weighted by Gasteiger charge is -2.05. The Labute approximate surface area is 125 Å². The summed E-state index contributed by atoms with van der Waals surface area (Å²) in [6.45, 7) is 7.95. The number of ether oxygens (including phenoxy) is 1. The van der Waals surface area contributed by atoms with Gasteiger partial charge in [0.05, 0.1) is 11.6 Å². The average Bonchev–Trinajstić information content (AvgIpc) is 2.87. The molecule has 0 radical (unpaired) electrons. The summed E-state index contributed by atoms with van der Waals surface area (Å²) in [6.07, 6.45) is 2.82.